The van der Waals surface area contributed by atoms with Crippen LogP contribution in [0.5, 0.6) is 0 Å². The number of hydrogen-bond acceptors (Lipinski definition) is 3. The highest BCUT2D eigenvalue weighted by atomic mass is 79.9. The Morgan fingerprint density at radius 2 is 1.76 bits per heavy atom. The Balaban J connectivity index is 2.37. The van der Waals surface area contributed by atoms with E-state index in [2.05, 4.69) is 43.7 Å². The maximum atomic E-state index is 12.5. The summed E-state index contributed by atoms with van der Waals surface area (Å²) in [7, 11) is 1.75. The summed E-state index contributed by atoms with van der Waals surface area (Å²) in [6, 6.07) is 5.87. The first kappa shape index (κ1) is 15.5. The normalized spacial score (nSPS) is 10.3. The summed E-state index contributed by atoms with van der Waals surface area (Å²) in [5.41, 5.74) is 4.64. The van der Waals surface area contributed by atoms with Crippen LogP contribution in [0.15, 0.2) is 28.9 Å². The fourth-order valence-electron chi connectivity index (χ4n) is 2.37. The van der Waals surface area contributed by atoms with Crippen LogP contribution in [0.3, 0.4) is 0 Å². The van der Waals surface area contributed by atoms with Gasteiger partial charge in [0.15, 0.2) is 0 Å². The molecule has 0 radical (unpaired) electrons. The van der Waals surface area contributed by atoms with Gasteiger partial charge in [-0.3, -0.25) is 4.79 Å². The van der Waals surface area contributed by atoms with Crippen molar-refractivity contribution >= 4 is 33.3 Å². The SMILES string of the molecule is CNc1ncc(Br)cc1C(=O)Nc1c(C)cc(C)cc1C. The van der Waals surface area contributed by atoms with E-state index in [0.29, 0.717) is 11.4 Å². The van der Waals surface area contributed by atoms with Crippen LogP contribution in [0.25, 0.3) is 0 Å². The summed E-state index contributed by atoms with van der Waals surface area (Å²) < 4.78 is 0.768. The molecule has 1 heterocycles. The second kappa shape index (κ2) is 6.26. The van der Waals surface area contributed by atoms with Gasteiger partial charge in [-0.05, 0) is 53.9 Å². The number of pyridine rings is 1. The number of rotatable bonds is 3. The molecule has 1 aromatic heterocycles. The smallest absolute Gasteiger partial charge is 0.259 e. The van der Waals surface area contributed by atoms with Crippen LogP contribution < -0.4 is 10.6 Å². The van der Waals surface area contributed by atoms with Crippen molar-refractivity contribution in [1.29, 1.82) is 0 Å². The summed E-state index contributed by atoms with van der Waals surface area (Å²) in [6.07, 6.45) is 1.66. The molecule has 0 bridgehead atoms. The van der Waals surface area contributed by atoms with E-state index in [1.54, 1.807) is 19.3 Å². The summed E-state index contributed by atoms with van der Waals surface area (Å²) >= 11 is 3.35. The quantitative estimate of drug-likeness (QED) is 0.879. The van der Waals surface area contributed by atoms with Crippen LogP contribution in [0, 0.1) is 20.8 Å². The van der Waals surface area contributed by atoms with Crippen molar-refractivity contribution in [3.63, 3.8) is 0 Å². The van der Waals surface area contributed by atoms with Gasteiger partial charge in [0.25, 0.3) is 5.91 Å². The standard InChI is InChI=1S/C16H18BrN3O/c1-9-5-10(2)14(11(3)6-9)20-16(21)13-7-12(17)8-19-15(13)18-4/h5-8H,1-4H3,(H,18,19)(H,20,21). The minimum Gasteiger partial charge on any atom is -0.372 e. The Bertz CT molecular complexity index is 675. The van der Waals surface area contributed by atoms with Crippen molar-refractivity contribution < 1.29 is 4.79 Å². The monoisotopic (exact) mass is 347 g/mol. The second-order valence-electron chi connectivity index (χ2n) is 5.03. The van der Waals surface area contributed by atoms with Gasteiger partial charge in [-0.2, -0.15) is 0 Å². The number of carbonyl (C=O) groups is 1. The van der Waals surface area contributed by atoms with Gasteiger partial charge in [-0.1, -0.05) is 17.7 Å². The summed E-state index contributed by atoms with van der Waals surface area (Å²) in [4.78, 5) is 16.7. The molecule has 0 saturated heterocycles. The molecular weight excluding hydrogens is 330 g/mol. The molecular formula is C16H18BrN3O. The lowest BCUT2D eigenvalue weighted by molar-refractivity contribution is 0.102. The van der Waals surface area contributed by atoms with Crippen molar-refractivity contribution in [3.8, 4) is 0 Å². The average Bonchev–Trinajstić information content (AvgIpc) is 2.42. The number of amides is 1. The van der Waals surface area contributed by atoms with E-state index in [1.807, 2.05) is 20.8 Å². The highest BCUT2D eigenvalue weighted by molar-refractivity contribution is 9.10. The van der Waals surface area contributed by atoms with Crippen LogP contribution in [-0.4, -0.2) is 17.9 Å². The van der Waals surface area contributed by atoms with Gasteiger partial charge in [-0.25, -0.2) is 4.98 Å². The molecule has 0 unspecified atom stereocenters. The van der Waals surface area contributed by atoms with E-state index >= 15 is 0 Å². The fraction of sp³-hybridized carbons (Fsp3) is 0.250. The minimum absolute atomic E-state index is 0.178. The highest BCUT2D eigenvalue weighted by Gasteiger charge is 2.15. The van der Waals surface area contributed by atoms with Crippen LogP contribution in [-0.2, 0) is 0 Å². The molecule has 1 aromatic carbocycles. The number of nitrogens with one attached hydrogen (secondary N) is 2. The highest BCUT2D eigenvalue weighted by Crippen LogP contribution is 2.24. The molecule has 110 valence electrons. The van der Waals surface area contributed by atoms with Gasteiger partial charge in [0.2, 0.25) is 0 Å². The van der Waals surface area contributed by atoms with Crippen LogP contribution in [0.2, 0.25) is 0 Å². The van der Waals surface area contributed by atoms with Gasteiger partial charge in [0, 0.05) is 23.4 Å². The molecule has 0 saturated carbocycles. The molecule has 2 N–H and O–H groups in total. The molecule has 0 aliphatic carbocycles. The molecule has 0 aliphatic heterocycles. The zero-order chi connectivity index (χ0) is 15.6. The predicted molar refractivity (Wildman–Crippen MR) is 90.1 cm³/mol. The molecule has 0 fully saturated rings. The Hall–Kier alpha value is -1.88. The maximum absolute atomic E-state index is 12.5. The van der Waals surface area contributed by atoms with Gasteiger partial charge >= 0.3 is 0 Å². The Morgan fingerprint density at radius 1 is 1.14 bits per heavy atom. The van der Waals surface area contributed by atoms with Gasteiger partial charge < -0.3 is 10.6 Å². The number of hydrogen-bond donors (Lipinski definition) is 2. The van der Waals surface area contributed by atoms with Crippen molar-refractivity contribution in [2.45, 2.75) is 20.8 Å². The van der Waals surface area contributed by atoms with Crippen LogP contribution in [0.4, 0.5) is 11.5 Å². The van der Waals surface area contributed by atoms with E-state index in [9.17, 15) is 4.79 Å². The van der Waals surface area contributed by atoms with Crippen LogP contribution >= 0.6 is 15.9 Å². The average molecular weight is 348 g/mol. The molecule has 2 aromatic rings. The van der Waals surface area contributed by atoms with E-state index in [4.69, 9.17) is 0 Å². The summed E-state index contributed by atoms with van der Waals surface area (Å²) in [6.45, 7) is 6.03. The third-order valence-electron chi connectivity index (χ3n) is 3.25. The fourth-order valence-corrected chi connectivity index (χ4v) is 2.70. The Kier molecular flexibility index (Phi) is 4.63. The minimum atomic E-state index is -0.178. The largest absolute Gasteiger partial charge is 0.372 e. The zero-order valence-electron chi connectivity index (χ0n) is 12.5. The molecule has 0 atom stereocenters. The van der Waals surface area contributed by atoms with E-state index in [-0.39, 0.29) is 5.91 Å². The summed E-state index contributed by atoms with van der Waals surface area (Å²) in [5.74, 6) is 0.376. The lowest BCUT2D eigenvalue weighted by atomic mass is 10.0. The lowest BCUT2D eigenvalue weighted by Gasteiger charge is -2.14. The number of halogens is 1. The van der Waals surface area contributed by atoms with Crippen molar-refractivity contribution in [2.75, 3.05) is 17.7 Å². The Morgan fingerprint density at radius 3 is 2.33 bits per heavy atom. The van der Waals surface area contributed by atoms with Crippen molar-refractivity contribution in [1.82, 2.24) is 4.98 Å². The van der Waals surface area contributed by atoms with Crippen molar-refractivity contribution in [3.05, 3.63) is 51.1 Å². The first-order chi connectivity index (χ1) is 9.92. The predicted octanol–water partition coefficient (Wildman–Crippen LogP) is 4.06. The topological polar surface area (TPSA) is 54.0 Å². The Labute approximate surface area is 133 Å². The molecule has 1 amide bonds. The molecule has 0 spiro atoms. The third-order valence-corrected chi connectivity index (χ3v) is 3.68. The van der Waals surface area contributed by atoms with Gasteiger partial charge in [0.05, 0.1) is 5.56 Å². The molecule has 2 rings (SSSR count). The first-order valence-electron chi connectivity index (χ1n) is 6.65. The van der Waals surface area contributed by atoms with Crippen molar-refractivity contribution in [2.24, 2.45) is 0 Å². The molecule has 5 heteroatoms. The first-order valence-corrected chi connectivity index (χ1v) is 7.44. The van der Waals surface area contributed by atoms with E-state index in [0.717, 1.165) is 21.3 Å². The molecule has 4 nitrogen and oxygen atoms in total. The molecule has 21 heavy (non-hydrogen) atoms. The maximum Gasteiger partial charge on any atom is 0.259 e. The van der Waals surface area contributed by atoms with Gasteiger partial charge in [0.1, 0.15) is 5.82 Å². The molecule has 0 aliphatic rings. The zero-order valence-corrected chi connectivity index (χ0v) is 14.1. The third kappa shape index (κ3) is 3.42. The van der Waals surface area contributed by atoms with E-state index < -0.39 is 0 Å². The lowest BCUT2D eigenvalue weighted by Crippen LogP contribution is -2.16. The van der Waals surface area contributed by atoms with Gasteiger partial charge in [-0.15, -0.1) is 0 Å². The number of carbonyl (C=O) groups excluding carboxylic acids is 1. The van der Waals surface area contributed by atoms with E-state index in [1.165, 1.54) is 5.56 Å². The number of aromatic nitrogens is 1. The number of benzene rings is 1. The number of anilines is 2. The second-order valence-corrected chi connectivity index (χ2v) is 5.94. The van der Waals surface area contributed by atoms with Crippen LogP contribution in [0.1, 0.15) is 27.0 Å². The summed E-state index contributed by atoms with van der Waals surface area (Å²) in [5, 5.41) is 5.92. The number of nitrogens with zero attached hydrogens (tertiary/aromatic N) is 1. The number of aryl methyl sites for hydroxylation is 3.